The number of rotatable bonds is 4. The van der Waals surface area contributed by atoms with Crippen LogP contribution in [0.25, 0.3) is 78.6 Å². The van der Waals surface area contributed by atoms with Gasteiger partial charge in [0.25, 0.3) is 0 Å². The Kier molecular flexibility index (Phi) is 22.7. The molecule has 21 heteroatoms. The van der Waals surface area contributed by atoms with Crippen LogP contribution in [0.1, 0.15) is 144 Å². The molecule has 6 aromatic heterocycles. The van der Waals surface area contributed by atoms with E-state index in [1.165, 1.54) is 0 Å². The van der Waals surface area contributed by atoms with Gasteiger partial charge >= 0.3 is 302 Å². The molecule has 0 spiro atoms. The Morgan fingerprint density at radius 1 is 0.328 bits per heavy atom. The van der Waals surface area contributed by atoms with Crippen LogP contribution in [0.3, 0.4) is 0 Å². The first-order valence-corrected chi connectivity index (χ1v) is 49.6. The van der Waals surface area contributed by atoms with Crippen LogP contribution in [0.4, 0.5) is 0 Å². The minimum Gasteiger partial charge on any atom is -0.317 e. The van der Waals surface area contributed by atoms with Gasteiger partial charge in [0.1, 0.15) is 0 Å². The molecule has 2 unspecified atom stereocenters. The molecule has 0 saturated heterocycles. The first-order chi connectivity index (χ1) is 54.9. The van der Waals surface area contributed by atoms with Crippen molar-refractivity contribution in [2.24, 2.45) is 5.41 Å². The van der Waals surface area contributed by atoms with Crippen LogP contribution in [0, 0.1) is 29.7 Å². The van der Waals surface area contributed by atoms with Gasteiger partial charge in [-0.2, -0.15) is 10.2 Å². The van der Waals surface area contributed by atoms with Gasteiger partial charge in [-0.25, -0.2) is 0 Å². The molecule has 24 bridgehead atoms. The molecule has 0 saturated carbocycles. The predicted octanol–water partition coefficient (Wildman–Crippen LogP) is 19.3. The summed E-state index contributed by atoms with van der Waals surface area (Å²) in [5.41, 5.74) is 30.2. The number of aromatic nitrogens is 12. The molecule has 5 aliphatic heterocycles. The SMILES string of the molecule is CC1(C)C2=CC(C)(C)N([N-]2)C(C)(C)n2ccc(n2)C(C)(C)c2ccn(n2)C(C)(C)N2[N-]C1=CC2(C)C.CC1(C)c2[c-]c(ccc2)-c2cn(-c3ccccc3)[c](n2)[Ge]([CH3])([CH3])[c]2nc(cn2-c2ccccc2)-c2[c-]c1ccc2.CC1(C)c2[c-]c(ccc2)-c2cn(-c3ccccc3)c(n2)[Si](C)(C)c2nc(cn2-c2ccccc2)-c2[c-]c1ccc2.[Pt+2].[Pt+2].[Pt+2]. The van der Waals surface area contributed by atoms with Gasteiger partial charge in [-0.1, -0.05) is 89.3 Å². The van der Waals surface area contributed by atoms with Crippen LogP contribution < -0.4 is 20.2 Å². The van der Waals surface area contributed by atoms with E-state index in [1.807, 2.05) is 9.36 Å². The number of benzene rings is 8. The van der Waals surface area contributed by atoms with Crippen LogP contribution >= 0.6 is 0 Å². The van der Waals surface area contributed by atoms with Gasteiger partial charge in [0.15, 0.2) is 8.07 Å². The molecular weight excluding hydrogens is 2090 g/mol. The quantitative estimate of drug-likeness (QED) is 0.125. The summed E-state index contributed by atoms with van der Waals surface area (Å²) < 4.78 is 15.4. The molecule has 119 heavy (non-hydrogen) atoms. The van der Waals surface area contributed by atoms with Crippen molar-refractivity contribution in [1.82, 2.24) is 67.8 Å². The molecule has 0 aliphatic carbocycles. The van der Waals surface area contributed by atoms with E-state index in [0.29, 0.717) is 0 Å². The number of fused-ring (bicyclic) bond motifs is 28. The summed E-state index contributed by atoms with van der Waals surface area (Å²) in [6.45, 7) is 40.0. The number of hydrogen-bond acceptors (Lipinski definition) is 8. The molecule has 14 aromatic rings. The molecule has 0 amide bonds. The van der Waals surface area contributed by atoms with E-state index in [9.17, 15) is 0 Å². The van der Waals surface area contributed by atoms with E-state index in [4.69, 9.17) is 41.0 Å². The molecular formula is C98H102GeN16Pt3Si. The number of para-hydroxylation sites is 4. The monoisotopic (exact) mass is 2190 g/mol. The van der Waals surface area contributed by atoms with Crippen molar-refractivity contribution in [1.29, 1.82) is 0 Å². The summed E-state index contributed by atoms with van der Waals surface area (Å²) >= 11 is -3.16. The molecule has 8 aromatic carbocycles. The Hall–Kier alpha value is -9.16. The minimum absolute atomic E-state index is 0. The van der Waals surface area contributed by atoms with Crippen molar-refractivity contribution in [2.45, 2.75) is 174 Å². The summed E-state index contributed by atoms with van der Waals surface area (Å²) in [6.07, 6.45) is 17.4. The smallest absolute Gasteiger partial charge is 0.317 e. The average Bonchev–Trinajstić information content (AvgIpc) is 1.57. The zero-order valence-corrected chi connectivity index (χ0v) is 81.3. The van der Waals surface area contributed by atoms with Crippen LogP contribution in [0.5, 0.6) is 0 Å². The Balaban J connectivity index is 0.000000145. The van der Waals surface area contributed by atoms with Crippen molar-refractivity contribution >= 4 is 41.5 Å². The minimum atomic E-state index is -3.16. The summed E-state index contributed by atoms with van der Waals surface area (Å²) in [5.74, 6) is 4.79. The average molecular weight is 2190 g/mol. The zero-order chi connectivity index (χ0) is 81.7. The fraction of sp³-hybridized carbons (Fsp3) is 0.286. The topological polar surface area (TPSA) is 142 Å². The molecule has 5 aliphatic rings. The summed E-state index contributed by atoms with van der Waals surface area (Å²) in [5, 5.41) is 14.6. The van der Waals surface area contributed by atoms with Crippen molar-refractivity contribution in [3.8, 4) is 67.8 Å². The maximum Gasteiger partial charge on any atom is 2.00 e. The first-order valence-electron chi connectivity index (χ1n) is 40.3. The van der Waals surface area contributed by atoms with E-state index >= 15 is 0 Å². The molecule has 0 N–H and O–H groups in total. The maximum atomic E-state index is 5.40. The Bertz CT molecular complexity index is 5510. The Labute approximate surface area is 748 Å². The van der Waals surface area contributed by atoms with Crippen LogP contribution in [-0.2, 0) is 90.8 Å². The van der Waals surface area contributed by atoms with E-state index in [1.54, 1.807) is 0 Å². The normalized spacial score (nSPS) is 19.1. The van der Waals surface area contributed by atoms with Crippen molar-refractivity contribution in [3.63, 3.8) is 0 Å². The predicted molar refractivity (Wildman–Crippen MR) is 473 cm³/mol. The first kappa shape index (κ1) is 86.2. The molecule has 19 rings (SSSR count). The fourth-order valence-electron chi connectivity index (χ4n) is 17.3. The molecule has 2 atom stereocenters. The molecule has 0 fully saturated rings. The van der Waals surface area contributed by atoms with E-state index in [-0.39, 0.29) is 95.9 Å². The maximum absolute atomic E-state index is 5.40. The van der Waals surface area contributed by atoms with E-state index in [2.05, 4.69) is 444 Å². The van der Waals surface area contributed by atoms with Gasteiger partial charge in [-0.05, 0) is 129 Å². The van der Waals surface area contributed by atoms with Crippen molar-refractivity contribution in [3.05, 3.63) is 336 Å². The van der Waals surface area contributed by atoms with Crippen LogP contribution in [0.2, 0.25) is 24.6 Å². The summed E-state index contributed by atoms with van der Waals surface area (Å²) in [4.78, 5) is 21.6. The van der Waals surface area contributed by atoms with Gasteiger partial charge in [0, 0.05) is 46.2 Å². The van der Waals surface area contributed by atoms with E-state index < -0.39 is 32.7 Å². The van der Waals surface area contributed by atoms with Gasteiger partial charge in [-0.15, -0.1) is 82.2 Å². The van der Waals surface area contributed by atoms with Gasteiger partial charge in [0.05, 0.1) is 39.0 Å². The number of hydrogen-bond donors (Lipinski definition) is 0. The van der Waals surface area contributed by atoms with Gasteiger partial charge in [-0.3, -0.25) is 19.3 Å². The standard InChI is InChI=1S/C35H30GeN4.C35H30N4Si.C28H42N8.3Pt/c1-35(2)27-15-11-13-25(21-27)31-23-39(29-17-7-5-8-18-29)33(37-31)36(3,4)34-38-32(26-14-12-16-28(35)22-26)24-40(34)30-19-9-6-10-20-30;1-35(2)27-15-11-13-25(21-27)31-23-38(29-17-7-5-8-18-29)33(36-31)40(3,4)34-37-32(26-14-12-16-28(35)22-26)24-39(34)30-19-9-6-10-20-30;1-23(2)17-21-26(7,8)22-18-24(3,4)36(32-22)28(11,12)34-16-14-20(30-34)25(5,6)19-13-15-33(29-19)27(9,10)35(23)31-21;;;/h2*5-20,23-24H,1-4H3;13-18H,1-12H3;;;/q3*-2;3*+2. The number of imidazole rings is 4. The van der Waals surface area contributed by atoms with E-state index in [0.717, 1.165) is 133 Å². The Morgan fingerprint density at radius 2 is 0.613 bits per heavy atom. The fourth-order valence-corrected chi connectivity index (χ4v) is 25.4. The summed E-state index contributed by atoms with van der Waals surface area (Å²) in [7, 11) is -2.49. The Morgan fingerprint density at radius 3 is 0.924 bits per heavy atom. The third kappa shape index (κ3) is 15.1. The van der Waals surface area contributed by atoms with Gasteiger partial charge < -0.3 is 30.0 Å². The molecule has 0 radical (unpaired) electrons. The van der Waals surface area contributed by atoms with Crippen molar-refractivity contribution < 1.29 is 63.2 Å². The van der Waals surface area contributed by atoms with Gasteiger partial charge in [0.2, 0.25) is 0 Å². The zero-order valence-electron chi connectivity index (χ0n) is 71.4. The third-order valence-corrected chi connectivity index (χ3v) is 33.7. The third-order valence-electron chi connectivity index (χ3n) is 24.6. The second-order valence-corrected chi connectivity index (χ2v) is 49.6. The molecule has 16 nitrogen and oxygen atoms in total. The van der Waals surface area contributed by atoms with Crippen LogP contribution in [-0.4, -0.2) is 100 Å². The number of nitrogens with zero attached hydrogens (tertiary/aromatic N) is 16. The molecule has 612 valence electrons. The second-order valence-electron chi connectivity index (χ2n) is 36.8. The van der Waals surface area contributed by atoms with Crippen LogP contribution in [0.15, 0.2) is 267 Å². The van der Waals surface area contributed by atoms with Crippen molar-refractivity contribution in [2.75, 3.05) is 0 Å². The second kappa shape index (κ2) is 31.4. The molecule has 11 heterocycles. The summed E-state index contributed by atoms with van der Waals surface area (Å²) in [6, 6.07) is 86.9. The largest absolute Gasteiger partial charge is 2.00 e.